The van der Waals surface area contributed by atoms with Gasteiger partial charge in [0.1, 0.15) is 5.82 Å². The molecule has 0 radical (unpaired) electrons. The van der Waals surface area contributed by atoms with E-state index in [1.807, 2.05) is 6.92 Å². The lowest BCUT2D eigenvalue weighted by Gasteiger charge is -2.26. The number of carbonyl (C=O) groups is 1. The van der Waals surface area contributed by atoms with E-state index >= 15 is 0 Å². The normalized spacial score (nSPS) is 17.1. The van der Waals surface area contributed by atoms with Gasteiger partial charge in [-0.25, -0.2) is 12.8 Å². The minimum atomic E-state index is -3.78. The Labute approximate surface area is 161 Å². The summed E-state index contributed by atoms with van der Waals surface area (Å²) in [5.41, 5.74) is -0.250. The molecule has 1 aromatic carbocycles. The van der Waals surface area contributed by atoms with Crippen LogP contribution in [0.15, 0.2) is 23.1 Å². The second-order valence-electron chi connectivity index (χ2n) is 7.36. The highest BCUT2D eigenvalue weighted by molar-refractivity contribution is 7.89. The monoisotopic (exact) mass is 400 g/mol. The first-order valence-corrected chi connectivity index (χ1v) is 10.8. The first-order chi connectivity index (χ1) is 12.7. The van der Waals surface area contributed by atoms with Crippen LogP contribution in [0.1, 0.15) is 50.4 Å². The van der Waals surface area contributed by atoms with E-state index in [0.29, 0.717) is 19.1 Å². The van der Waals surface area contributed by atoms with Crippen molar-refractivity contribution in [2.75, 3.05) is 26.3 Å². The van der Waals surface area contributed by atoms with Crippen molar-refractivity contribution in [2.24, 2.45) is 5.92 Å². The van der Waals surface area contributed by atoms with Crippen molar-refractivity contribution in [3.05, 3.63) is 29.6 Å². The van der Waals surface area contributed by atoms with Crippen molar-refractivity contribution in [1.82, 2.24) is 9.62 Å². The highest BCUT2D eigenvalue weighted by Crippen LogP contribution is 2.20. The van der Waals surface area contributed by atoms with E-state index in [2.05, 4.69) is 19.2 Å². The number of hydrogen-bond acceptors (Lipinski definition) is 4. The van der Waals surface area contributed by atoms with Crippen LogP contribution in [0.4, 0.5) is 4.39 Å². The molecule has 1 aliphatic rings. The predicted octanol–water partition coefficient (Wildman–Crippen LogP) is 2.79. The van der Waals surface area contributed by atoms with Gasteiger partial charge in [-0.2, -0.15) is 4.31 Å². The molecule has 1 unspecified atom stereocenters. The van der Waals surface area contributed by atoms with Crippen molar-refractivity contribution < 1.29 is 22.3 Å². The highest BCUT2D eigenvalue weighted by Gasteiger charge is 2.28. The zero-order chi connectivity index (χ0) is 20.0. The zero-order valence-corrected chi connectivity index (χ0v) is 17.0. The van der Waals surface area contributed by atoms with E-state index in [4.69, 9.17) is 4.74 Å². The van der Waals surface area contributed by atoms with Crippen molar-refractivity contribution in [3.8, 4) is 0 Å². The third-order valence-electron chi connectivity index (χ3n) is 4.59. The molecule has 6 nitrogen and oxygen atoms in total. The molecule has 0 spiro atoms. The summed E-state index contributed by atoms with van der Waals surface area (Å²) in [6.45, 7) is 7.27. The van der Waals surface area contributed by atoms with Crippen molar-refractivity contribution >= 4 is 15.9 Å². The quantitative estimate of drug-likeness (QED) is 0.728. The van der Waals surface area contributed by atoms with Gasteiger partial charge in [0.15, 0.2) is 0 Å². The van der Waals surface area contributed by atoms with E-state index < -0.39 is 21.7 Å². The Morgan fingerprint density at radius 2 is 1.89 bits per heavy atom. The topological polar surface area (TPSA) is 75.7 Å². The molecule has 1 amide bonds. The fraction of sp³-hybridized carbons (Fsp3) is 0.632. The van der Waals surface area contributed by atoms with Crippen LogP contribution in [0.5, 0.6) is 0 Å². The lowest BCUT2D eigenvalue weighted by molar-refractivity contribution is 0.0730. The Morgan fingerprint density at radius 1 is 1.22 bits per heavy atom. The highest BCUT2D eigenvalue weighted by atomic mass is 32.2. The maximum atomic E-state index is 14.2. The molecule has 1 aromatic rings. The van der Waals surface area contributed by atoms with Crippen LogP contribution in [-0.2, 0) is 14.8 Å². The lowest BCUT2D eigenvalue weighted by atomic mass is 10.0. The number of rotatable bonds is 8. The molecule has 0 saturated carbocycles. The maximum Gasteiger partial charge on any atom is 0.254 e. The molecule has 1 atom stereocenters. The van der Waals surface area contributed by atoms with Crippen LogP contribution in [0, 0.1) is 11.7 Å². The predicted molar refractivity (Wildman–Crippen MR) is 102 cm³/mol. The SMILES string of the molecule is CC(C)CCCC(C)NC(=O)c1cc(S(=O)(=O)N2CCOCC2)ccc1F. The molecule has 1 aliphatic heterocycles. The van der Waals surface area contributed by atoms with Crippen LogP contribution in [0.3, 0.4) is 0 Å². The summed E-state index contributed by atoms with van der Waals surface area (Å²) in [6.07, 6.45) is 2.81. The van der Waals surface area contributed by atoms with Crippen molar-refractivity contribution in [3.63, 3.8) is 0 Å². The summed E-state index contributed by atoms with van der Waals surface area (Å²) < 4.78 is 46.1. The Hall–Kier alpha value is -1.51. The third-order valence-corrected chi connectivity index (χ3v) is 6.48. The van der Waals surface area contributed by atoms with Gasteiger partial charge < -0.3 is 10.1 Å². The van der Waals surface area contributed by atoms with Gasteiger partial charge in [0.05, 0.1) is 23.7 Å². The number of amides is 1. The Balaban J connectivity index is 2.10. The third kappa shape index (κ3) is 5.99. The first kappa shape index (κ1) is 21.8. The smallest absolute Gasteiger partial charge is 0.254 e. The molecule has 1 saturated heterocycles. The Kier molecular flexibility index (Phi) is 7.76. The molecule has 0 aromatic heterocycles. The first-order valence-electron chi connectivity index (χ1n) is 9.40. The summed E-state index contributed by atoms with van der Waals surface area (Å²) in [4.78, 5) is 12.4. The second kappa shape index (κ2) is 9.61. The van der Waals surface area contributed by atoms with Crippen LogP contribution < -0.4 is 5.32 Å². The van der Waals surface area contributed by atoms with E-state index in [1.54, 1.807) is 0 Å². The van der Waals surface area contributed by atoms with Crippen LogP contribution in [0.25, 0.3) is 0 Å². The molecule has 1 N–H and O–H groups in total. The standard InChI is InChI=1S/C19H29FN2O4S/c1-14(2)5-4-6-15(3)21-19(23)17-13-16(7-8-18(17)20)27(24,25)22-9-11-26-12-10-22/h7-8,13-15H,4-6,9-12H2,1-3H3,(H,21,23). The number of halogens is 1. The number of morpholine rings is 1. The second-order valence-corrected chi connectivity index (χ2v) is 9.30. The van der Waals surface area contributed by atoms with Crippen LogP contribution in [-0.4, -0.2) is 51.0 Å². The summed E-state index contributed by atoms with van der Waals surface area (Å²) in [5.74, 6) is -0.737. The van der Waals surface area contributed by atoms with Gasteiger partial charge in [-0.3, -0.25) is 4.79 Å². The average Bonchev–Trinajstić information content (AvgIpc) is 2.62. The molecule has 27 heavy (non-hydrogen) atoms. The summed E-state index contributed by atoms with van der Waals surface area (Å²) in [7, 11) is -3.78. The van der Waals surface area contributed by atoms with Gasteiger partial charge in [0.2, 0.25) is 10.0 Å². The number of ether oxygens (including phenoxy) is 1. The number of nitrogens with zero attached hydrogens (tertiary/aromatic N) is 1. The molecule has 2 rings (SSSR count). The number of hydrogen-bond donors (Lipinski definition) is 1. The minimum absolute atomic E-state index is 0.0802. The van der Waals surface area contributed by atoms with E-state index in [-0.39, 0.29) is 29.6 Å². The fourth-order valence-electron chi connectivity index (χ4n) is 2.98. The molecule has 8 heteroatoms. The molecule has 1 fully saturated rings. The summed E-state index contributed by atoms with van der Waals surface area (Å²) >= 11 is 0. The zero-order valence-electron chi connectivity index (χ0n) is 16.2. The number of nitrogens with one attached hydrogen (secondary N) is 1. The maximum absolute atomic E-state index is 14.2. The van der Waals surface area contributed by atoms with E-state index in [1.165, 1.54) is 10.4 Å². The van der Waals surface area contributed by atoms with Gasteiger partial charge in [-0.15, -0.1) is 0 Å². The Morgan fingerprint density at radius 3 is 2.52 bits per heavy atom. The molecular weight excluding hydrogens is 371 g/mol. The summed E-state index contributed by atoms with van der Waals surface area (Å²) in [6, 6.07) is 3.24. The van der Waals surface area contributed by atoms with Gasteiger partial charge >= 0.3 is 0 Å². The molecule has 0 aliphatic carbocycles. The van der Waals surface area contributed by atoms with Gasteiger partial charge in [-0.05, 0) is 37.5 Å². The van der Waals surface area contributed by atoms with Gasteiger partial charge in [-0.1, -0.05) is 26.7 Å². The van der Waals surface area contributed by atoms with Crippen molar-refractivity contribution in [1.29, 1.82) is 0 Å². The van der Waals surface area contributed by atoms with Crippen LogP contribution in [0.2, 0.25) is 0 Å². The Bertz CT molecular complexity index is 746. The van der Waals surface area contributed by atoms with Gasteiger partial charge in [0.25, 0.3) is 5.91 Å². The molecule has 1 heterocycles. The number of carbonyl (C=O) groups excluding carboxylic acids is 1. The molecule has 152 valence electrons. The molecule has 0 bridgehead atoms. The average molecular weight is 401 g/mol. The van der Waals surface area contributed by atoms with E-state index in [9.17, 15) is 17.6 Å². The minimum Gasteiger partial charge on any atom is -0.379 e. The number of sulfonamides is 1. The molecular formula is C19H29FN2O4S. The number of benzene rings is 1. The fourth-order valence-corrected chi connectivity index (χ4v) is 4.42. The van der Waals surface area contributed by atoms with E-state index in [0.717, 1.165) is 31.4 Å². The van der Waals surface area contributed by atoms with Gasteiger partial charge in [0, 0.05) is 19.1 Å². The summed E-state index contributed by atoms with van der Waals surface area (Å²) in [5, 5.41) is 2.76. The lowest BCUT2D eigenvalue weighted by Crippen LogP contribution is -2.40. The van der Waals surface area contributed by atoms with Crippen LogP contribution >= 0.6 is 0 Å². The largest absolute Gasteiger partial charge is 0.379 e. The van der Waals surface area contributed by atoms with Crippen molar-refractivity contribution in [2.45, 2.75) is 51.0 Å².